The van der Waals surface area contributed by atoms with Crippen LogP contribution in [0.3, 0.4) is 0 Å². The molecule has 0 bridgehead atoms. The van der Waals surface area contributed by atoms with Crippen LogP contribution in [-0.2, 0) is 0 Å². The summed E-state index contributed by atoms with van der Waals surface area (Å²) in [6.45, 7) is 2.17. The Morgan fingerprint density at radius 1 is 1.56 bits per heavy atom. The summed E-state index contributed by atoms with van der Waals surface area (Å²) in [6, 6.07) is 6.60. The van der Waals surface area contributed by atoms with Crippen LogP contribution in [-0.4, -0.2) is 28.3 Å². The van der Waals surface area contributed by atoms with Gasteiger partial charge in [0.15, 0.2) is 0 Å². The zero-order valence-electron chi connectivity index (χ0n) is 9.24. The summed E-state index contributed by atoms with van der Waals surface area (Å²) in [5, 5.41) is 13.2. The van der Waals surface area contributed by atoms with E-state index in [0.717, 1.165) is 12.2 Å². The second-order valence-corrected chi connectivity index (χ2v) is 5.80. The molecule has 0 aliphatic carbocycles. The highest BCUT2D eigenvalue weighted by atomic mass is 32.2. The Hall–Kier alpha value is -0.740. The highest BCUT2D eigenvalue weighted by Gasteiger charge is 2.37. The van der Waals surface area contributed by atoms with Gasteiger partial charge < -0.3 is 10.4 Å². The maximum Gasteiger partial charge on any atom is 0.146 e. The zero-order chi connectivity index (χ0) is 11.6. The van der Waals surface area contributed by atoms with E-state index in [1.54, 1.807) is 18.2 Å². The lowest BCUT2D eigenvalue weighted by Crippen LogP contribution is -2.42. The van der Waals surface area contributed by atoms with E-state index in [4.69, 9.17) is 0 Å². The van der Waals surface area contributed by atoms with Gasteiger partial charge in [-0.3, -0.25) is 0 Å². The summed E-state index contributed by atoms with van der Waals surface area (Å²) in [6.07, 6.45) is 0.864. The Morgan fingerprint density at radius 3 is 2.88 bits per heavy atom. The second kappa shape index (κ2) is 4.63. The number of aliphatic hydroxyl groups is 1. The number of thioether (sulfide) groups is 1. The van der Waals surface area contributed by atoms with E-state index in [9.17, 15) is 9.50 Å². The number of benzene rings is 1. The monoisotopic (exact) mass is 241 g/mol. The van der Waals surface area contributed by atoms with Crippen molar-refractivity contribution in [3.05, 3.63) is 30.1 Å². The first kappa shape index (κ1) is 11.7. The van der Waals surface area contributed by atoms with Crippen LogP contribution in [0.15, 0.2) is 24.3 Å². The molecule has 1 saturated heterocycles. The fourth-order valence-electron chi connectivity index (χ4n) is 2.05. The van der Waals surface area contributed by atoms with Crippen LogP contribution in [0.5, 0.6) is 0 Å². The number of halogens is 1. The first-order valence-electron chi connectivity index (χ1n) is 5.40. The summed E-state index contributed by atoms with van der Waals surface area (Å²) in [5.41, 5.74) is 0.109. The molecule has 1 fully saturated rings. The first-order valence-corrected chi connectivity index (χ1v) is 6.45. The Balaban J connectivity index is 2.16. The molecule has 1 heterocycles. The number of para-hydroxylation sites is 1. The number of aliphatic hydroxyl groups excluding tert-OH is 1. The quantitative estimate of drug-likeness (QED) is 0.852. The molecule has 0 saturated carbocycles. The number of hydrogen-bond acceptors (Lipinski definition) is 3. The molecule has 2 rings (SSSR count). The van der Waals surface area contributed by atoms with Crippen molar-refractivity contribution < 1.29 is 9.50 Å². The fourth-order valence-corrected chi connectivity index (χ4v) is 3.38. The summed E-state index contributed by atoms with van der Waals surface area (Å²) in [4.78, 5) is 0. The van der Waals surface area contributed by atoms with Gasteiger partial charge in [-0.15, -0.1) is 0 Å². The Kier molecular flexibility index (Phi) is 3.40. The van der Waals surface area contributed by atoms with Crippen molar-refractivity contribution in [2.75, 3.05) is 17.7 Å². The van der Waals surface area contributed by atoms with Crippen LogP contribution in [0, 0.1) is 5.82 Å². The highest BCUT2D eigenvalue weighted by Crippen LogP contribution is 2.36. The SMILES string of the molecule is CC1CC(CO)(Nc2ccccc2F)CS1. The van der Waals surface area contributed by atoms with Crippen LogP contribution in [0.2, 0.25) is 0 Å². The third kappa shape index (κ3) is 2.33. The van der Waals surface area contributed by atoms with Gasteiger partial charge in [0.05, 0.1) is 17.8 Å². The molecule has 2 nitrogen and oxygen atoms in total. The van der Waals surface area contributed by atoms with Gasteiger partial charge in [0.25, 0.3) is 0 Å². The second-order valence-electron chi connectivity index (χ2n) is 4.37. The molecule has 1 aromatic carbocycles. The standard InChI is InChI=1S/C12H16FNOS/c1-9-6-12(7-15,8-16-9)14-11-5-3-2-4-10(11)13/h2-5,9,14-15H,6-8H2,1H3. The van der Waals surface area contributed by atoms with E-state index in [0.29, 0.717) is 10.9 Å². The molecule has 2 atom stereocenters. The van der Waals surface area contributed by atoms with Crippen molar-refractivity contribution in [2.24, 2.45) is 0 Å². The molecule has 0 amide bonds. The van der Waals surface area contributed by atoms with Crippen molar-refractivity contribution in [3.63, 3.8) is 0 Å². The lowest BCUT2D eigenvalue weighted by atomic mass is 9.97. The Morgan fingerprint density at radius 2 is 2.31 bits per heavy atom. The van der Waals surface area contributed by atoms with Crippen molar-refractivity contribution in [1.29, 1.82) is 0 Å². The summed E-state index contributed by atoms with van der Waals surface area (Å²) < 4.78 is 13.5. The summed E-state index contributed by atoms with van der Waals surface area (Å²) >= 11 is 1.81. The van der Waals surface area contributed by atoms with Gasteiger partial charge in [-0.2, -0.15) is 11.8 Å². The average molecular weight is 241 g/mol. The normalized spacial score (nSPS) is 29.3. The first-order chi connectivity index (χ1) is 7.65. The van der Waals surface area contributed by atoms with E-state index < -0.39 is 0 Å². The maximum absolute atomic E-state index is 13.5. The Labute approximate surface area is 99.2 Å². The molecule has 0 aromatic heterocycles. The van der Waals surface area contributed by atoms with E-state index >= 15 is 0 Å². The molecule has 1 aliphatic rings. The summed E-state index contributed by atoms with van der Waals surface area (Å²) in [5.74, 6) is 0.554. The third-order valence-electron chi connectivity index (χ3n) is 2.90. The minimum Gasteiger partial charge on any atom is -0.394 e. The largest absolute Gasteiger partial charge is 0.394 e. The molecule has 2 N–H and O–H groups in total. The van der Waals surface area contributed by atoms with Crippen molar-refractivity contribution in [3.8, 4) is 0 Å². The topological polar surface area (TPSA) is 32.3 Å². The molecule has 16 heavy (non-hydrogen) atoms. The van der Waals surface area contributed by atoms with Gasteiger partial charge in [0.2, 0.25) is 0 Å². The molecule has 88 valence electrons. The van der Waals surface area contributed by atoms with E-state index in [2.05, 4.69) is 12.2 Å². The molecule has 1 aromatic rings. The van der Waals surface area contributed by atoms with Gasteiger partial charge in [-0.1, -0.05) is 19.1 Å². The smallest absolute Gasteiger partial charge is 0.146 e. The van der Waals surface area contributed by atoms with Gasteiger partial charge in [-0.25, -0.2) is 4.39 Å². The predicted octanol–water partition coefficient (Wildman–Crippen LogP) is 2.49. The zero-order valence-corrected chi connectivity index (χ0v) is 10.1. The third-order valence-corrected chi connectivity index (χ3v) is 4.35. The van der Waals surface area contributed by atoms with Gasteiger partial charge in [0, 0.05) is 11.0 Å². The number of nitrogens with one attached hydrogen (secondary N) is 1. The number of rotatable bonds is 3. The average Bonchev–Trinajstić information content (AvgIpc) is 2.65. The minimum atomic E-state index is -0.369. The van der Waals surface area contributed by atoms with Crippen LogP contribution in [0.4, 0.5) is 10.1 Å². The highest BCUT2D eigenvalue weighted by molar-refractivity contribution is 8.00. The Bertz CT molecular complexity index is 374. The van der Waals surface area contributed by atoms with E-state index in [1.165, 1.54) is 6.07 Å². The number of anilines is 1. The molecule has 0 radical (unpaired) electrons. The van der Waals surface area contributed by atoms with Gasteiger partial charge >= 0.3 is 0 Å². The number of hydrogen-bond donors (Lipinski definition) is 2. The van der Waals surface area contributed by atoms with Crippen LogP contribution < -0.4 is 5.32 Å². The fraction of sp³-hybridized carbons (Fsp3) is 0.500. The lowest BCUT2D eigenvalue weighted by molar-refractivity contribution is 0.222. The van der Waals surface area contributed by atoms with Gasteiger partial charge in [0.1, 0.15) is 5.82 Å². The molecular formula is C12H16FNOS. The molecule has 4 heteroatoms. The van der Waals surface area contributed by atoms with Crippen LogP contribution >= 0.6 is 11.8 Å². The predicted molar refractivity (Wildman–Crippen MR) is 66.4 cm³/mol. The van der Waals surface area contributed by atoms with E-state index in [-0.39, 0.29) is 18.0 Å². The van der Waals surface area contributed by atoms with Crippen molar-refractivity contribution in [2.45, 2.75) is 24.1 Å². The minimum absolute atomic E-state index is 0.0404. The van der Waals surface area contributed by atoms with Crippen LogP contribution in [0.1, 0.15) is 13.3 Å². The summed E-state index contributed by atoms with van der Waals surface area (Å²) in [7, 11) is 0. The van der Waals surface area contributed by atoms with E-state index in [1.807, 2.05) is 11.8 Å². The maximum atomic E-state index is 13.5. The molecule has 2 unspecified atom stereocenters. The van der Waals surface area contributed by atoms with Crippen molar-refractivity contribution in [1.82, 2.24) is 0 Å². The van der Waals surface area contributed by atoms with Crippen LogP contribution in [0.25, 0.3) is 0 Å². The molecular weight excluding hydrogens is 225 g/mol. The molecule has 0 spiro atoms. The van der Waals surface area contributed by atoms with Crippen molar-refractivity contribution >= 4 is 17.4 Å². The lowest BCUT2D eigenvalue weighted by Gasteiger charge is -2.29. The van der Waals surface area contributed by atoms with Gasteiger partial charge in [-0.05, 0) is 18.6 Å². The molecule has 1 aliphatic heterocycles.